The lowest BCUT2D eigenvalue weighted by atomic mass is 10.2. The molecule has 0 heterocycles. The molecule has 2 heteroatoms. The Morgan fingerprint density at radius 2 is 2.09 bits per heavy atom. The van der Waals surface area contributed by atoms with Crippen molar-refractivity contribution in [3.8, 4) is 5.75 Å². The average Bonchev–Trinajstić information content (AvgIpc) is 2.04. The van der Waals surface area contributed by atoms with Crippen molar-refractivity contribution in [2.45, 2.75) is 6.92 Å². The van der Waals surface area contributed by atoms with E-state index in [-0.39, 0.29) is 0 Å². The molecule has 0 saturated heterocycles. The van der Waals surface area contributed by atoms with Crippen LogP contribution in [0, 0.1) is 6.92 Å². The molecule has 0 fully saturated rings. The maximum Gasteiger partial charge on any atom is 0.142 e. The van der Waals surface area contributed by atoms with Gasteiger partial charge < -0.3 is 10.1 Å². The largest absolute Gasteiger partial charge is 0.495 e. The van der Waals surface area contributed by atoms with E-state index in [0.29, 0.717) is 0 Å². The van der Waals surface area contributed by atoms with Crippen molar-refractivity contribution < 1.29 is 4.74 Å². The van der Waals surface area contributed by atoms with Crippen LogP contribution in [0.2, 0.25) is 0 Å². The number of ether oxygens (including phenoxy) is 1. The second kappa shape index (κ2) is 3.28. The summed E-state index contributed by atoms with van der Waals surface area (Å²) in [6.45, 7) is 2.05. The van der Waals surface area contributed by atoms with E-state index in [2.05, 4.69) is 5.32 Å². The summed E-state index contributed by atoms with van der Waals surface area (Å²) in [6.07, 6.45) is 0. The van der Waals surface area contributed by atoms with Gasteiger partial charge in [-0.1, -0.05) is 12.1 Å². The van der Waals surface area contributed by atoms with Gasteiger partial charge in [-0.25, -0.2) is 0 Å². The summed E-state index contributed by atoms with van der Waals surface area (Å²) < 4.78 is 5.15. The van der Waals surface area contributed by atoms with Gasteiger partial charge in [0.1, 0.15) is 5.75 Å². The van der Waals surface area contributed by atoms with Gasteiger partial charge in [-0.2, -0.15) is 0 Å². The number of rotatable bonds is 2. The first kappa shape index (κ1) is 7.92. The Hall–Kier alpha value is -1.18. The smallest absolute Gasteiger partial charge is 0.142 e. The number of benzene rings is 1. The number of anilines is 1. The van der Waals surface area contributed by atoms with Gasteiger partial charge in [-0.05, 0) is 18.6 Å². The molecule has 0 aliphatic rings. The molecule has 0 bridgehead atoms. The first-order valence-electron chi connectivity index (χ1n) is 3.61. The topological polar surface area (TPSA) is 21.3 Å². The predicted molar refractivity (Wildman–Crippen MR) is 47.3 cm³/mol. The normalized spacial score (nSPS) is 9.36. The fourth-order valence-corrected chi connectivity index (χ4v) is 1.13. The van der Waals surface area contributed by atoms with E-state index in [0.717, 1.165) is 11.4 Å². The zero-order chi connectivity index (χ0) is 8.27. The Balaban J connectivity index is 3.13. The minimum atomic E-state index is 0.896. The summed E-state index contributed by atoms with van der Waals surface area (Å²) in [5.41, 5.74) is 2.27. The fraction of sp³-hybridized carbons (Fsp3) is 0.333. The molecule has 0 aliphatic heterocycles. The van der Waals surface area contributed by atoms with E-state index in [1.165, 1.54) is 5.56 Å². The van der Waals surface area contributed by atoms with Gasteiger partial charge in [0.25, 0.3) is 0 Å². The van der Waals surface area contributed by atoms with Crippen LogP contribution in [-0.4, -0.2) is 14.2 Å². The molecule has 0 spiro atoms. The Kier molecular flexibility index (Phi) is 2.36. The molecule has 11 heavy (non-hydrogen) atoms. The van der Waals surface area contributed by atoms with Gasteiger partial charge in [0.15, 0.2) is 0 Å². The zero-order valence-electron chi connectivity index (χ0n) is 7.14. The molecule has 1 N–H and O–H groups in total. The van der Waals surface area contributed by atoms with E-state index in [4.69, 9.17) is 4.74 Å². The van der Waals surface area contributed by atoms with E-state index in [9.17, 15) is 0 Å². The Morgan fingerprint density at radius 1 is 1.36 bits per heavy atom. The summed E-state index contributed by atoms with van der Waals surface area (Å²) in [5.74, 6) is 0.896. The third-order valence-electron chi connectivity index (χ3n) is 1.70. The summed E-state index contributed by atoms with van der Waals surface area (Å²) in [5, 5.41) is 3.09. The minimum absolute atomic E-state index is 0.896. The van der Waals surface area contributed by atoms with Crippen molar-refractivity contribution in [2.24, 2.45) is 0 Å². The van der Waals surface area contributed by atoms with Crippen molar-refractivity contribution in [2.75, 3.05) is 19.5 Å². The number of hydrogen-bond acceptors (Lipinski definition) is 2. The van der Waals surface area contributed by atoms with Crippen molar-refractivity contribution in [3.63, 3.8) is 0 Å². The maximum absolute atomic E-state index is 5.15. The monoisotopic (exact) mass is 151 g/mol. The lowest BCUT2D eigenvalue weighted by molar-refractivity contribution is 0.416. The van der Waals surface area contributed by atoms with Crippen LogP contribution in [0.25, 0.3) is 0 Å². The maximum atomic E-state index is 5.15. The zero-order valence-corrected chi connectivity index (χ0v) is 7.14. The van der Waals surface area contributed by atoms with Crippen molar-refractivity contribution >= 4 is 5.69 Å². The molecule has 0 radical (unpaired) electrons. The highest BCUT2D eigenvalue weighted by Crippen LogP contribution is 2.26. The average molecular weight is 151 g/mol. The van der Waals surface area contributed by atoms with E-state index < -0.39 is 0 Å². The molecule has 0 aliphatic carbocycles. The highest BCUT2D eigenvalue weighted by molar-refractivity contribution is 5.61. The molecular weight excluding hydrogens is 138 g/mol. The van der Waals surface area contributed by atoms with Crippen LogP contribution in [0.5, 0.6) is 5.75 Å². The van der Waals surface area contributed by atoms with Crippen LogP contribution in [-0.2, 0) is 0 Å². The minimum Gasteiger partial charge on any atom is -0.495 e. The molecule has 0 aromatic heterocycles. The lowest BCUT2D eigenvalue weighted by Gasteiger charge is -2.09. The Labute approximate surface area is 67.2 Å². The van der Waals surface area contributed by atoms with Gasteiger partial charge in [-0.3, -0.25) is 0 Å². The summed E-state index contributed by atoms with van der Waals surface area (Å²) in [6, 6.07) is 5.97. The number of nitrogens with one attached hydrogen (secondary N) is 1. The SMILES string of the molecule is CNc1c(C)cccc1OC. The third kappa shape index (κ3) is 1.45. The summed E-state index contributed by atoms with van der Waals surface area (Å²) >= 11 is 0. The van der Waals surface area contributed by atoms with Gasteiger partial charge in [-0.15, -0.1) is 0 Å². The molecular formula is C9H13NO. The quantitative estimate of drug-likeness (QED) is 0.698. The van der Waals surface area contributed by atoms with E-state index in [1.807, 2.05) is 32.2 Å². The highest BCUT2D eigenvalue weighted by Gasteiger charge is 2.01. The van der Waals surface area contributed by atoms with Crippen LogP contribution in [0.1, 0.15) is 5.56 Å². The molecule has 1 aromatic rings. The standard InChI is InChI=1S/C9H13NO/c1-7-5-4-6-8(11-3)9(7)10-2/h4-6,10H,1-3H3. The molecule has 1 rings (SSSR count). The third-order valence-corrected chi connectivity index (χ3v) is 1.70. The first-order chi connectivity index (χ1) is 5.29. The number of methoxy groups -OCH3 is 1. The number of hydrogen-bond donors (Lipinski definition) is 1. The van der Waals surface area contributed by atoms with Gasteiger partial charge in [0, 0.05) is 7.05 Å². The summed E-state index contributed by atoms with van der Waals surface area (Å²) in [7, 11) is 3.57. The first-order valence-corrected chi connectivity index (χ1v) is 3.61. The van der Waals surface area contributed by atoms with Gasteiger partial charge in [0.2, 0.25) is 0 Å². The van der Waals surface area contributed by atoms with Gasteiger partial charge in [0.05, 0.1) is 12.8 Å². The Bertz CT molecular complexity index is 245. The molecule has 60 valence electrons. The molecule has 0 saturated carbocycles. The molecule has 0 atom stereocenters. The van der Waals surface area contributed by atoms with Crippen LogP contribution < -0.4 is 10.1 Å². The molecule has 0 unspecified atom stereocenters. The Morgan fingerprint density at radius 3 is 2.55 bits per heavy atom. The number of para-hydroxylation sites is 1. The van der Waals surface area contributed by atoms with Crippen LogP contribution in [0.3, 0.4) is 0 Å². The number of aryl methyl sites for hydroxylation is 1. The fourth-order valence-electron chi connectivity index (χ4n) is 1.13. The predicted octanol–water partition coefficient (Wildman–Crippen LogP) is 2.05. The van der Waals surface area contributed by atoms with Crippen LogP contribution in [0.15, 0.2) is 18.2 Å². The van der Waals surface area contributed by atoms with Gasteiger partial charge >= 0.3 is 0 Å². The van der Waals surface area contributed by atoms with E-state index in [1.54, 1.807) is 7.11 Å². The molecule has 2 nitrogen and oxygen atoms in total. The van der Waals surface area contributed by atoms with Crippen molar-refractivity contribution in [3.05, 3.63) is 23.8 Å². The second-order valence-corrected chi connectivity index (χ2v) is 2.40. The highest BCUT2D eigenvalue weighted by atomic mass is 16.5. The molecule has 1 aromatic carbocycles. The van der Waals surface area contributed by atoms with Crippen molar-refractivity contribution in [1.29, 1.82) is 0 Å². The summed E-state index contributed by atoms with van der Waals surface area (Å²) in [4.78, 5) is 0. The van der Waals surface area contributed by atoms with Crippen LogP contribution in [0.4, 0.5) is 5.69 Å². The van der Waals surface area contributed by atoms with Crippen molar-refractivity contribution in [1.82, 2.24) is 0 Å². The molecule has 0 amide bonds. The second-order valence-electron chi connectivity index (χ2n) is 2.40. The lowest BCUT2D eigenvalue weighted by Crippen LogP contribution is -1.95. The van der Waals surface area contributed by atoms with E-state index >= 15 is 0 Å². The van der Waals surface area contributed by atoms with Crippen LogP contribution >= 0.6 is 0 Å².